The molecule has 0 spiro atoms. The summed E-state index contributed by atoms with van der Waals surface area (Å²) in [5, 5.41) is 10.9. The Morgan fingerprint density at radius 3 is 2.65 bits per heavy atom. The van der Waals surface area contributed by atoms with E-state index in [0.29, 0.717) is 4.91 Å². The van der Waals surface area contributed by atoms with Gasteiger partial charge in [-0.2, -0.15) is 5.26 Å². The highest BCUT2D eigenvalue weighted by Gasteiger charge is 2.11. The van der Waals surface area contributed by atoms with E-state index in [2.05, 4.69) is 92.9 Å². The van der Waals surface area contributed by atoms with Crippen LogP contribution < -0.4 is 0 Å². The molecule has 2 aromatic heterocycles. The van der Waals surface area contributed by atoms with E-state index in [-0.39, 0.29) is 0 Å². The van der Waals surface area contributed by atoms with Crippen LogP contribution in [-0.2, 0) is 6.54 Å². The summed E-state index contributed by atoms with van der Waals surface area (Å²) in [5.41, 5.74) is 4.43. The van der Waals surface area contributed by atoms with Gasteiger partial charge in [-0.05, 0) is 76.3 Å². The Kier molecular flexibility index (Phi) is 5.81. The number of benzene rings is 3. The van der Waals surface area contributed by atoms with Crippen LogP contribution in [0, 0.1) is 14.9 Å². The third-order valence-corrected chi connectivity index (χ3v) is 7.70. The summed E-state index contributed by atoms with van der Waals surface area (Å²) in [6.07, 6.45) is 4.11. The molecule has 0 aliphatic heterocycles. The van der Waals surface area contributed by atoms with Crippen LogP contribution in [0.2, 0.25) is 0 Å². The molecule has 31 heavy (non-hydrogen) atoms. The first-order valence-electron chi connectivity index (χ1n) is 9.67. The molecular weight excluding hydrogens is 533 g/mol. The van der Waals surface area contributed by atoms with Crippen molar-refractivity contribution in [3.8, 4) is 6.07 Å². The summed E-state index contributed by atoms with van der Waals surface area (Å²) in [6.45, 7) is 0.790. The van der Waals surface area contributed by atoms with Crippen molar-refractivity contribution in [3.63, 3.8) is 0 Å². The van der Waals surface area contributed by atoms with Gasteiger partial charge in [-0.15, -0.1) is 11.3 Å². The molecule has 0 radical (unpaired) electrons. The standard InChI is InChI=1S/C25H16IN3S2/c26-19-11-9-17(10-12-19)15-29-16-18(21-5-1-3-7-23(21)29)13-20(14-27)30-25-28-22-6-2-4-8-24(22)31-25/h1-13,16H,15H2/b20-13+. The van der Waals surface area contributed by atoms with Crippen molar-refractivity contribution in [2.75, 3.05) is 0 Å². The third-order valence-electron chi connectivity index (χ3n) is 4.95. The van der Waals surface area contributed by atoms with E-state index < -0.39 is 0 Å². The van der Waals surface area contributed by atoms with Crippen molar-refractivity contribution in [1.29, 1.82) is 5.26 Å². The van der Waals surface area contributed by atoms with Crippen LogP contribution in [0.25, 0.3) is 27.2 Å². The second kappa shape index (κ2) is 8.87. The number of para-hydroxylation sites is 2. The lowest BCUT2D eigenvalue weighted by Crippen LogP contribution is -1.97. The second-order valence-electron chi connectivity index (χ2n) is 7.03. The largest absolute Gasteiger partial charge is 0.342 e. The Bertz CT molecular complexity index is 1420. The molecule has 0 N–H and O–H groups in total. The van der Waals surface area contributed by atoms with E-state index in [1.807, 2.05) is 30.3 Å². The Morgan fingerprint density at radius 1 is 1.06 bits per heavy atom. The second-order valence-corrected chi connectivity index (χ2v) is 10.6. The molecule has 0 fully saturated rings. The van der Waals surface area contributed by atoms with Crippen molar-refractivity contribution in [2.45, 2.75) is 10.9 Å². The lowest BCUT2D eigenvalue weighted by molar-refractivity contribution is 0.836. The third kappa shape index (κ3) is 4.40. The van der Waals surface area contributed by atoms with Gasteiger partial charge in [0.15, 0.2) is 4.34 Å². The summed E-state index contributed by atoms with van der Waals surface area (Å²) in [5.74, 6) is 0. The van der Waals surface area contributed by atoms with Gasteiger partial charge in [0.2, 0.25) is 0 Å². The van der Waals surface area contributed by atoms with Gasteiger partial charge in [0, 0.05) is 32.8 Å². The number of hydrogen-bond donors (Lipinski definition) is 0. The summed E-state index contributed by atoms with van der Waals surface area (Å²) >= 11 is 5.37. The maximum Gasteiger partial charge on any atom is 0.156 e. The van der Waals surface area contributed by atoms with Crippen LogP contribution in [-0.4, -0.2) is 9.55 Å². The number of thioether (sulfide) groups is 1. The zero-order valence-electron chi connectivity index (χ0n) is 16.3. The van der Waals surface area contributed by atoms with E-state index in [1.165, 1.54) is 20.9 Å². The van der Waals surface area contributed by atoms with Crippen molar-refractivity contribution in [1.82, 2.24) is 9.55 Å². The zero-order chi connectivity index (χ0) is 21.2. The molecular formula is C25H16IN3S2. The first kappa shape index (κ1) is 20.3. The summed E-state index contributed by atoms with van der Waals surface area (Å²) in [6, 6.07) is 27.3. The predicted octanol–water partition coefficient (Wildman–Crippen LogP) is 7.56. The molecule has 0 saturated carbocycles. The van der Waals surface area contributed by atoms with Crippen LogP contribution in [0.15, 0.2) is 88.2 Å². The normalized spacial score (nSPS) is 11.8. The first-order chi connectivity index (χ1) is 15.2. The van der Waals surface area contributed by atoms with Crippen molar-refractivity contribution in [2.24, 2.45) is 0 Å². The molecule has 150 valence electrons. The Labute approximate surface area is 202 Å². The fraction of sp³-hybridized carbons (Fsp3) is 0.0400. The van der Waals surface area contributed by atoms with Crippen LogP contribution in [0.4, 0.5) is 0 Å². The van der Waals surface area contributed by atoms with Gasteiger partial charge in [0.1, 0.15) is 6.07 Å². The summed E-state index contributed by atoms with van der Waals surface area (Å²) in [7, 11) is 0. The highest BCUT2D eigenvalue weighted by Crippen LogP contribution is 2.35. The van der Waals surface area contributed by atoms with Crippen LogP contribution in [0.3, 0.4) is 0 Å². The van der Waals surface area contributed by atoms with E-state index >= 15 is 0 Å². The number of aromatic nitrogens is 2. The monoisotopic (exact) mass is 549 g/mol. The van der Waals surface area contributed by atoms with Gasteiger partial charge < -0.3 is 4.57 Å². The average molecular weight is 549 g/mol. The van der Waals surface area contributed by atoms with E-state index in [9.17, 15) is 5.26 Å². The highest BCUT2D eigenvalue weighted by atomic mass is 127. The summed E-state index contributed by atoms with van der Waals surface area (Å²) in [4.78, 5) is 5.29. The maximum atomic E-state index is 9.79. The van der Waals surface area contributed by atoms with E-state index in [1.54, 1.807) is 11.3 Å². The maximum absolute atomic E-state index is 9.79. The fourth-order valence-corrected chi connectivity index (χ4v) is 5.85. The molecule has 0 bridgehead atoms. The van der Waals surface area contributed by atoms with Crippen LogP contribution >= 0.6 is 45.7 Å². The molecule has 0 unspecified atom stereocenters. The van der Waals surface area contributed by atoms with Crippen LogP contribution in [0.1, 0.15) is 11.1 Å². The van der Waals surface area contributed by atoms with Gasteiger partial charge in [-0.3, -0.25) is 0 Å². The lowest BCUT2D eigenvalue weighted by atomic mass is 10.1. The SMILES string of the molecule is N#C/C(=C\c1cn(Cc2ccc(I)cc2)c2ccccc12)Sc1nc2ccccc2s1. The number of rotatable bonds is 5. The van der Waals surface area contributed by atoms with E-state index in [0.717, 1.165) is 37.6 Å². The molecule has 0 aliphatic carbocycles. The number of hydrogen-bond acceptors (Lipinski definition) is 4. The number of allylic oxidation sites excluding steroid dienone is 1. The molecule has 3 nitrogen and oxygen atoms in total. The number of nitrogens with zero attached hydrogens (tertiary/aromatic N) is 3. The van der Waals surface area contributed by atoms with Gasteiger partial charge >= 0.3 is 0 Å². The molecule has 3 aromatic carbocycles. The number of nitriles is 1. The molecule has 5 aromatic rings. The number of thiazole rings is 1. The smallest absolute Gasteiger partial charge is 0.156 e. The molecule has 2 heterocycles. The van der Waals surface area contributed by atoms with Crippen molar-refractivity contribution < 1.29 is 0 Å². The Hall–Kier alpha value is -2.60. The Morgan fingerprint density at radius 2 is 1.84 bits per heavy atom. The quantitative estimate of drug-likeness (QED) is 0.129. The van der Waals surface area contributed by atoms with Crippen molar-refractivity contribution >= 4 is 72.9 Å². The lowest BCUT2D eigenvalue weighted by Gasteiger charge is -2.05. The number of fused-ring (bicyclic) bond motifs is 2. The molecule has 0 aliphatic rings. The number of halogens is 1. The van der Waals surface area contributed by atoms with Gasteiger partial charge in [0.25, 0.3) is 0 Å². The summed E-state index contributed by atoms with van der Waals surface area (Å²) < 4.78 is 5.50. The minimum Gasteiger partial charge on any atom is -0.342 e. The minimum atomic E-state index is 0.635. The highest BCUT2D eigenvalue weighted by molar-refractivity contribution is 14.1. The van der Waals surface area contributed by atoms with Crippen molar-refractivity contribution in [3.05, 3.63) is 98.6 Å². The molecule has 0 amide bonds. The first-order valence-corrected chi connectivity index (χ1v) is 12.4. The van der Waals surface area contributed by atoms with Gasteiger partial charge in [0.05, 0.1) is 15.1 Å². The molecule has 0 saturated heterocycles. The minimum absolute atomic E-state index is 0.635. The topological polar surface area (TPSA) is 41.6 Å². The zero-order valence-corrected chi connectivity index (χ0v) is 20.1. The van der Waals surface area contributed by atoms with E-state index in [4.69, 9.17) is 0 Å². The fourth-order valence-electron chi connectivity index (χ4n) is 3.52. The molecule has 6 heteroatoms. The predicted molar refractivity (Wildman–Crippen MR) is 139 cm³/mol. The van der Waals surface area contributed by atoms with Crippen LogP contribution in [0.5, 0.6) is 0 Å². The Balaban J connectivity index is 1.50. The molecule has 5 rings (SSSR count). The van der Waals surface area contributed by atoms with Gasteiger partial charge in [-0.25, -0.2) is 4.98 Å². The van der Waals surface area contributed by atoms with Gasteiger partial charge in [-0.1, -0.05) is 42.5 Å². The average Bonchev–Trinajstić information content (AvgIpc) is 3.36. The molecule has 0 atom stereocenters.